The molecule has 1 N–H and O–H groups in total. The van der Waals surface area contributed by atoms with E-state index in [0.29, 0.717) is 5.92 Å². The smallest absolute Gasteiger partial charge is 0.0894 e. The standard InChI is InChI=1S/C16H27N3O/c1-4-18-15(14-12-17-9-10-19-14)16(20-5-2)8-6-7-13(3)11-16/h9-10,12-13,15,18H,4-8,11H2,1-3H3. The van der Waals surface area contributed by atoms with E-state index >= 15 is 0 Å². The SMILES string of the molecule is CCNC(c1cnccn1)C1(OCC)CCCC(C)C1. The maximum Gasteiger partial charge on any atom is 0.0894 e. The van der Waals surface area contributed by atoms with Crippen LogP contribution in [-0.4, -0.2) is 28.7 Å². The topological polar surface area (TPSA) is 47.0 Å². The van der Waals surface area contributed by atoms with Crippen LogP contribution in [0.3, 0.4) is 0 Å². The van der Waals surface area contributed by atoms with Crippen LogP contribution < -0.4 is 5.32 Å². The van der Waals surface area contributed by atoms with Crippen molar-refractivity contribution in [1.82, 2.24) is 15.3 Å². The average molecular weight is 277 g/mol. The van der Waals surface area contributed by atoms with Crippen LogP contribution in [0.2, 0.25) is 0 Å². The normalized spacial score (nSPS) is 28.2. The molecule has 4 heteroatoms. The molecule has 1 aromatic rings. The summed E-state index contributed by atoms with van der Waals surface area (Å²) in [6, 6.07) is 0.129. The van der Waals surface area contributed by atoms with Crippen LogP contribution in [0, 0.1) is 5.92 Å². The van der Waals surface area contributed by atoms with Gasteiger partial charge >= 0.3 is 0 Å². The van der Waals surface area contributed by atoms with Crippen molar-refractivity contribution in [3.05, 3.63) is 24.3 Å². The first-order valence-corrected chi connectivity index (χ1v) is 7.85. The first kappa shape index (κ1) is 15.4. The molecule has 2 rings (SSSR count). The van der Waals surface area contributed by atoms with Crippen LogP contribution in [0.25, 0.3) is 0 Å². The summed E-state index contributed by atoms with van der Waals surface area (Å²) in [5, 5.41) is 3.59. The molecule has 0 amide bonds. The van der Waals surface area contributed by atoms with E-state index in [1.807, 2.05) is 6.20 Å². The molecule has 1 heterocycles. The number of rotatable bonds is 6. The van der Waals surface area contributed by atoms with Crippen LogP contribution in [-0.2, 0) is 4.74 Å². The second-order valence-corrected chi connectivity index (χ2v) is 5.82. The van der Waals surface area contributed by atoms with Gasteiger partial charge in [-0.25, -0.2) is 0 Å². The van der Waals surface area contributed by atoms with Crippen molar-refractivity contribution < 1.29 is 4.74 Å². The Balaban J connectivity index is 2.31. The lowest BCUT2D eigenvalue weighted by atomic mass is 9.73. The molecule has 4 nitrogen and oxygen atoms in total. The van der Waals surface area contributed by atoms with Gasteiger partial charge in [-0.2, -0.15) is 0 Å². The zero-order chi connectivity index (χ0) is 14.4. The van der Waals surface area contributed by atoms with Crippen molar-refractivity contribution in [2.24, 2.45) is 5.92 Å². The molecule has 1 fully saturated rings. The van der Waals surface area contributed by atoms with Crippen LogP contribution in [0.4, 0.5) is 0 Å². The lowest BCUT2D eigenvalue weighted by Crippen LogP contribution is -2.49. The number of hydrogen-bond donors (Lipinski definition) is 1. The monoisotopic (exact) mass is 277 g/mol. The van der Waals surface area contributed by atoms with Gasteiger partial charge in [0.05, 0.1) is 23.5 Å². The highest BCUT2D eigenvalue weighted by atomic mass is 16.5. The zero-order valence-corrected chi connectivity index (χ0v) is 12.9. The number of nitrogens with one attached hydrogen (secondary N) is 1. The second kappa shape index (κ2) is 7.14. The highest BCUT2D eigenvalue weighted by Gasteiger charge is 2.43. The minimum atomic E-state index is -0.140. The van der Waals surface area contributed by atoms with E-state index in [0.717, 1.165) is 31.7 Å². The fourth-order valence-corrected chi connectivity index (χ4v) is 3.53. The first-order valence-electron chi connectivity index (χ1n) is 7.85. The molecule has 0 aliphatic heterocycles. The van der Waals surface area contributed by atoms with E-state index in [2.05, 4.69) is 36.1 Å². The van der Waals surface area contributed by atoms with Gasteiger partial charge in [0.25, 0.3) is 0 Å². The predicted octanol–water partition coefficient (Wildman–Crippen LogP) is 3.11. The Bertz CT molecular complexity index is 394. The molecule has 0 bridgehead atoms. The van der Waals surface area contributed by atoms with Gasteiger partial charge < -0.3 is 10.1 Å². The summed E-state index contributed by atoms with van der Waals surface area (Å²) in [6.07, 6.45) is 10.1. The first-order chi connectivity index (χ1) is 9.72. The molecule has 0 radical (unpaired) electrons. The average Bonchev–Trinajstić information content (AvgIpc) is 2.46. The third-order valence-corrected chi connectivity index (χ3v) is 4.24. The molecule has 0 saturated heterocycles. The lowest BCUT2D eigenvalue weighted by Gasteiger charge is -2.45. The van der Waals surface area contributed by atoms with Gasteiger partial charge in [0.1, 0.15) is 0 Å². The van der Waals surface area contributed by atoms with E-state index in [9.17, 15) is 0 Å². The number of likely N-dealkylation sites (N-methyl/N-ethyl adjacent to an activating group) is 1. The van der Waals surface area contributed by atoms with Crippen LogP contribution >= 0.6 is 0 Å². The molecule has 112 valence electrons. The summed E-state index contributed by atoms with van der Waals surface area (Å²) >= 11 is 0. The number of aromatic nitrogens is 2. The minimum absolute atomic E-state index is 0.129. The third-order valence-electron chi connectivity index (χ3n) is 4.24. The molecule has 3 atom stereocenters. The van der Waals surface area contributed by atoms with E-state index < -0.39 is 0 Å². The van der Waals surface area contributed by atoms with Crippen molar-refractivity contribution in [1.29, 1.82) is 0 Å². The zero-order valence-electron chi connectivity index (χ0n) is 12.9. The third kappa shape index (κ3) is 3.36. The summed E-state index contributed by atoms with van der Waals surface area (Å²) in [6.45, 7) is 8.20. The maximum atomic E-state index is 6.28. The fourth-order valence-electron chi connectivity index (χ4n) is 3.53. The Hall–Kier alpha value is -1.00. The molecule has 20 heavy (non-hydrogen) atoms. The van der Waals surface area contributed by atoms with Crippen LogP contribution in [0.5, 0.6) is 0 Å². The molecular weight excluding hydrogens is 250 g/mol. The number of ether oxygens (including phenoxy) is 1. The van der Waals surface area contributed by atoms with Gasteiger partial charge in [-0.3, -0.25) is 9.97 Å². The highest BCUT2D eigenvalue weighted by Crippen LogP contribution is 2.43. The molecule has 1 aromatic heterocycles. The molecule has 0 spiro atoms. The van der Waals surface area contributed by atoms with Gasteiger partial charge in [0, 0.05) is 19.0 Å². The van der Waals surface area contributed by atoms with Gasteiger partial charge in [0.15, 0.2) is 0 Å². The summed E-state index contributed by atoms with van der Waals surface area (Å²) in [5.74, 6) is 0.702. The van der Waals surface area contributed by atoms with Crippen molar-refractivity contribution >= 4 is 0 Å². The Kier molecular flexibility index (Phi) is 5.49. The quantitative estimate of drug-likeness (QED) is 0.868. The number of nitrogens with zero attached hydrogens (tertiary/aromatic N) is 2. The number of hydrogen-bond acceptors (Lipinski definition) is 4. The Morgan fingerprint density at radius 3 is 2.90 bits per heavy atom. The van der Waals surface area contributed by atoms with Gasteiger partial charge in [-0.15, -0.1) is 0 Å². The van der Waals surface area contributed by atoms with E-state index in [4.69, 9.17) is 4.74 Å². The van der Waals surface area contributed by atoms with E-state index in [-0.39, 0.29) is 11.6 Å². The maximum absolute atomic E-state index is 6.28. The largest absolute Gasteiger partial charge is 0.373 e. The summed E-state index contributed by atoms with van der Waals surface area (Å²) in [7, 11) is 0. The highest BCUT2D eigenvalue weighted by molar-refractivity contribution is 5.11. The van der Waals surface area contributed by atoms with Crippen molar-refractivity contribution in [3.63, 3.8) is 0 Å². The fraction of sp³-hybridized carbons (Fsp3) is 0.750. The lowest BCUT2D eigenvalue weighted by molar-refractivity contribution is -0.102. The van der Waals surface area contributed by atoms with Gasteiger partial charge in [-0.1, -0.05) is 26.7 Å². The second-order valence-electron chi connectivity index (χ2n) is 5.82. The van der Waals surface area contributed by atoms with Gasteiger partial charge in [0.2, 0.25) is 0 Å². The van der Waals surface area contributed by atoms with Crippen molar-refractivity contribution in [3.8, 4) is 0 Å². The summed E-state index contributed by atoms with van der Waals surface area (Å²) < 4.78 is 6.28. The molecule has 3 unspecified atom stereocenters. The Labute approximate surface area is 122 Å². The minimum Gasteiger partial charge on any atom is -0.373 e. The van der Waals surface area contributed by atoms with Crippen molar-refractivity contribution in [2.45, 2.75) is 58.1 Å². The summed E-state index contributed by atoms with van der Waals surface area (Å²) in [4.78, 5) is 8.76. The molecule has 1 aliphatic carbocycles. The molecule has 1 saturated carbocycles. The van der Waals surface area contributed by atoms with E-state index in [1.54, 1.807) is 12.4 Å². The van der Waals surface area contributed by atoms with Crippen LogP contribution in [0.1, 0.15) is 58.2 Å². The predicted molar refractivity (Wildman–Crippen MR) is 80.4 cm³/mol. The molecule has 0 aromatic carbocycles. The Morgan fingerprint density at radius 1 is 1.45 bits per heavy atom. The van der Waals surface area contributed by atoms with E-state index in [1.165, 1.54) is 12.8 Å². The summed E-state index contributed by atoms with van der Waals surface area (Å²) in [5.41, 5.74) is 0.857. The van der Waals surface area contributed by atoms with Crippen molar-refractivity contribution in [2.75, 3.05) is 13.2 Å². The van der Waals surface area contributed by atoms with Crippen LogP contribution in [0.15, 0.2) is 18.6 Å². The van der Waals surface area contributed by atoms with Gasteiger partial charge in [-0.05, 0) is 32.2 Å². The molecule has 1 aliphatic rings. The molecular formula is C16H27N3O. The Morgan fingerprint density at radius 2 is 2.30 bits per heavy atom.